The van der Waals surface area contributed by atoms with E-state index in [1.54, 1.807) is 36.5 Å². The van der Waals surface area contributed by atoms with E-state index in [4.69, 9.17) is 17.9 Å². The molecule has 0 amide bonds. The molecule has 11 rings (SSSR count). The second-order valence-corrected chi connectivity index (χ2v) is 24.2. The van der Waals surface area contributed by atoms with Crippen LogP contribution in [0, 0.1) is 32.5 Å². The van der Waals surface area contributed by atoms with Gasteiger partial charge >= 0.3 is 0 Å². The van der Waals surface area contributed by atoms with Crippen molar-refractivity contribution in [1.82, 2.24) is 4.98 Å². The van der Waals surface area contributed by atoms with Crippen LogP contribution in [0.4, 0.5) is 34.3 Å². The van der Waals surface area contributed by atoms with E-state index in [1.165, 1.54) is 16.7 Å². The predicted octanol–water partition coefficient (Wildman–Crippen LogP) is 19.9. The molecule has 398 valence electrons. The Hall–Kier alpha value is -7.20. The van der Waals surface area contributed by atoms with E-state index >= 15 is 0 Å². The monoisotopic (exact) mass is 1210 g/mol. The Balaban J connectivity index is 0.00000786. The molecule has 1 N–H and O–H groups in total. The van der Waals surface area contributed by atoms with Crippen molar-refractivity contribution in [3.05, 3.63) is 228 Å². The molecule has 0 bridgehead atoms. The minimum absolute atomic E-state index is 0. The van der Waals surface area contributed by atoms with Gasteiger partial charge in [0.05, 0.1) is 0 Å². The SMILES string of the molecule is [2H]C([2H])([2H])c1ccc(-c2c[c-]c(Oc3[c-]c(N4[CH-]N(c5c(-c6ccccc6)cccc5-c5cc(C(C)(C)C)cc(C(C)(C)C)c5)c5ccccc54)ccc3)cc2)c(Nc2cc(C([2H])([2H])[2H])c(-c3cccc4c3C(C)(C)CCC4(C)C)cn2)c1.[Pt]. The number of aryl methyl sites for hydroxylation is 2. The standard InChI is InChI=1S/C72H71N4O.Pt/c1-47-31-36-57(63(39-47)74-66-40-48(2)61(45-73-66)60-27-20-28-62-67(60)72(11,12)38-37-71(62,9)10)50-32-34-55(35-33-50)77-56-24-18-23-54(44-56)75-46-76(65-30-17-16-29-64(65)75)68-58(49-21-14-13-15-22-49)25-19-26-59(68)51-41-52(69(3,4)5)43-53(42-51)70(6,7)8;/h13-34,36,39-43,45-46H,37-38H2,1-12H3,(H,73,74);/q-3;/i1D3,2D3;. The summed E-state index contributed by atoms with van der Waals surface area (Å²) in [5.74, 6) is 1.21. The van der Waals surface area contributed by atoms with Crippen LogP contribution in [0.2, 0.25) is 0 Å². The van der Waals surface area contributed by atoms with Gasteiger partial charge in [0.25, 0.3) is 0 Å². The molecular weight excluding hydrogens is 1130 g/mol. The van der Waals surface area contributed by atoms with E-state index in [0.717, 1.165) is 74.5 Å². The van der Waals surface area contributed by atoms with Crippen molar-refractivity contribution >= 4 is 34.3 Å². The molecule has 9 aromatic rings. The van der Waals surface area contributed by atoms with Gasteiger partial charge < -0.3 is 19.9 Å². The molecule has 2 aliphatic rings. The van der Waals surface area contributed by atoms with Gasteiger partial charge in [0.1, 0.15) is 5.82 Å². The maximum absolute atomic E-state index is 8.76. The minimum Gasteiger partial charge on any atom is -0.509 e. The maximum Gasteiger partial charge on any atom is 0.130 e. The Labute approximate surface area is 487 Å². The van der Waals surface area contributed by atoms with Crippen LogP contribution in [0.25, 0.3) is 44.5 Å². The molecule has 1 aliphatic carbocycles. The summed E-state index contributed by atoms with van der Waals surface area (Å²) in [5, 5.41) is 3.34. The maximum atomic E-state index is 8.76. The zero-order valence-corrected chi connectivity index (χ0v) is 48.6. The Morgan fingerprint density at radius 3 is 1.95 bits per heavy atom. The van der Waals surface area contributed by atoms with E-state index in [1.807, 2.05) is 42.5 Å². The molecule has 2 heterocycles. The van der Waals surface area contributed by atoms with Gasteiger partial charge in [0, 0.05) is 86.4 Å². The van der Waals surface area contributed by atoms with Gasteiger partial charge in [-0.05, 0) is 123 Å². The van der Waals surface area contributed by atoms with E-state index in [9.17, 15) is 0 Å². The Morgan fingerprint density at radius 2 is 1.26 bits per heavy atom. The molecule has 0 atom stereocenters. The molecule has 0 spiro atoms. The van der Waals surface area contributed by atoms with Gasteiger partial charge in [-0.2, -0.15) is 18.2 Å². The first-order valence-corrected chi connectivity index (χ1v) is 26.8. The van der Waals surface area contributed by atoms with Crippen LogP contribution in [0.5, 0.6) is 11.5 Å². The summed E-state index contributed by atoms with van der Waals surface area (Å²) in [6.45, 7) is 19.9. The number of hydrogen-bond donors (Lipinski definition) is 1. The van der Waals surface area contributed by atoms with Crippen LogP contribution in [-0.4, -0.2) is 4.98 Å². The third-order valence-corrected chi connectivity index (χ3v) is 15.6. The average Bonchev–Trinajstić information content (AvgIpc) is 1.74. The normalized spacial score (nSPS) is 16.0. The van der Waals surface area contributed by atoms with Gasteiger partial charge in [0.15, 0.2) is 0 Å². The molecular formula is C72H71N4OPt-3. The first-order chi connectivity index (χ1) is 39.1. The fraction of sp³-hybridized carbons (Fsp3) is 0.250. The number of anilines is 6. The number of fused-ring (bicyclic) bond motifs is 2. The van der Waals surface area contributed by atoms with Crippen molar-refractivity contribution < 1.29 is 34.0 Å². The molecule has 8 aromatic carbocycles. The molecule has 78 heavy (non-hydrogen) atoms. The van der Waals surface area contributed by atoms with Crippen molar-refractivity contribution in [3.8, 4) is 56.0 Å². The fourth-order valence-electron chi connectivity index (χ4n) is 11.1. The predicted molar refractivity (Wildman–Crippen MR) is 324 cm³/mol. The number of aromatic nitrogens is 1. The first-order valence-electron chi connectivity index (χ1n) is 29.8. The van der Waals surface area contributed by atoms with Crippen molar-refractivity contribution in [2.75, 3.05) is 15.1 Å². The van der Waals surface area contributed by atoms with E-state index < -0.39 is 13.7 Å². The smallest absolute Gasteiger partial charge is 0.130 e. The van der Waals surface area contributed by atoms with E-state index in [2.05, 4.69) is 200 Å². The second kappa shape index (κ2) is 20.9. The van der Waals surface area contributed by atoms with E-state index in [0.29, 0.717) is 28.3 Å². The number of para-hydroxylation sites is 3. The van der Waals surface area contributed by atoms with Crippen LogP contribution in [0.15, 0.2) is 176 Å². The third-order valence-electron chi connectivity index (χ3n) is 15.6. The molecule has 1 aromatic heterocycles. The second-order valence-electron chi connectivity index (χ2n) is 24.2. The fourth-order valence-corrected chi connectivity index (χ4v) is 11.1. The molecule has 0 fully saturated rings. The zero-order chi connectivity index (χ0) is 59.0. The summed E-state index contributed by atoms with van der Waals surface area (Å²) < 4.78 is 57.7. The number of benzene rings is 8. The summed E-state index contributed by atoms with van der Waals surface area (Å²) in [6.07, 6.45) is 3.63. The van der Waals surface area contributed by atoms with Gasteiger partial charge in [-0.25, -0.2) is 4.98 Å². The summed E-state index contributed by atoms with van der Waals surface area (Å²) in [6, 6.07) is 63.7. The molecule has 0 saturated heterocycles. The summed E-state index contributed by atoms with van der Waals surface area (Å²) >= 11 is 0. The third kappa shape index (κ3) is 10.6. The largest absolute Gasteiger partial charge is 0.509 e. The molecule has 0 radical (unpaired) electrons. The Kier molecular flexibility index (Phi) is 12.5. The first kappa shape index (κ1) is 46.9. The minimum atomic E-state index is -2.48. The molecule has 1 aliphatic heterocycles. The molecule has 5 nitrogen and oxygen atoms in total. The molecule has 6 heteroatoms. The number of hydrogen-bond acceptors (Lipinski definition) is 5. The van der Waals surface area contributed by atoms with Crippen molar-refractivity contribution in [2.45, 2.75) is 117 Å². The number of rotatable bonds is 10. The number of nitrogens with zero attached hydrogens (tertiary/aromatic N) is 3. The van der Waals surface area contributed by atoms with Crippen LogP contribution in [-0.2, 0) is 42.7 Å². The topological polar surface area (TPSA) is 40.6 Å². The van der Waals surface area contributed by atoms with Crippen LogP contribution >= 0.6 is 0 Å². The van der Waals surface area contributed by atoms with Crippen molar-refractivity contribution in [2.24, 2.45) is 0 Å². The van der Waals surface area contributed by atoms with Gasteiger partial charge in [-0.15, -0.1) is 48.3 Å². The zero-order valence-electron chi connectivity index (χ0n) is 52.3. The molecule has 0 unspecified atom stereocenters. The number of pyridine rings is 1. The summed E-state index contributed by atoms with van der Waals surface area (Å²) in [7, 11) is 0. The van der Waals surface area contributed by atoms with E-state index in [-0.39, 0.29) is 59.7 Å². The van der Waals surface area contributed by atoms with Crippen molar-refractivity contribution in [3.63, 3.8) is 0 Å². The number of nitrogens with one attached hydrogen (secondary N) is 1. The van der Waals surface area contributed by atoms with Crippen molar-refractivity contribution in [1.29, 1.82) is 0 Å². The Morgan fingerprint density at radius 1 is 0.590 bits per heavy atom. The quantitative estimate of drug-likeness (QED) is 0.138. The molecule has 0 saturated carbocycles. The summed E-state index contributed by atoms with van der Waals surface area (Å²) in [5.41, 5.74) is 16.4. The van der Waals surface area contributed by atoms with Crippen LogP contribution in [0.1, 0.15) is 124 Å². The van der Waals surface area contributed by atoms with Gasteiger partial charge in [0.2, 0.25) is 0 Å². The summed E-state index contributed by atoms with van der Waals surface area (Å²) in [4.78, 5) is 9.29. The average molecular weight is 1210 g/mol. The van der Waals surface area contributed by atoms with Crippen LogP contribution < -0.4 is 19.9 Å². The number of ether oxygens (including phenoxy) is 1. The Bertz CT molecular complexity index is 3880. The van der Waals surface area contributed by atoms with Gasteiger partial charge in [-0.1, -0.05) is 184 Å². The van der Waals surface area contributed by atoms with Gasteiger partial charge in [-0.3, -0.25) is 0 Å². The van der Waals surface area contributed by atoms with Crippen LogP contribution in [0.3, 0.4) is 0 Å².